The van der Waals surface area contributed by atoms with Crippen molar-refractivity contribution < 1.29 is 17.6 Å². The van der Waals surface area contributed by atoms with Crippen LogP contribution in [-0.2, 0) is 0 Å². The van der Waals surface area contributed by atoms with E-state index in [0.717, 1.165) is 0 Å². The Kier molecular flexibility index (Phi) is 3.23. The lowest BCUT2D eigenvalue weighted by Crippen LogP contribution is -1.83. The van der Waals surface area contributed by atoms with Crippen LogP contribution in [0.4, 0.5) is 17.6 Å². The summed E-state index contributed by atoms with van der Waals surface area (Å²) in [4.78, 5) is 0. The molecular formula is C4H4F4. The zero-order valence-corrected chi connectivity index (χ0v) is 3.93. The maximum absolute atomic E-state index is 11.4. The number of rotatable bonds is 2. The number of halogens is 4. The van der Waals surface area contributed by atoms with E-state index in [1.54, 1.807) is 0 Å². The Morgan fingerprint density at radius 1 is 0.875 bits per heavy atom. The fraction of sp³-hybridized carbons (Fsp3) is 0.500. The zero-order chi connectivity index (χ0) is 6.57. The molecule has 4 heteroatoms. The largest absolute Gasteiger partial charge is 0.243 e. The van der Waals surface area contributed by atoms with Gasteiger partial charge in [-0.25, -0.2) is 17.6 Å². The molecule has 0 bridgehead atoms. The Balaban J connectivity index is 3.83. The summed E-state index contributed by atoms with van der Waals surface area (Å²) in [5.41, 5.74) is 0. The number of allylic oxidation sites excluding steroid dienone is 2. The molecule has 0 rings (SSSR count). The first-order valence-corrected chi connectivity index (χ1v) is 1.87. The highest BCUT2D eigenvalue weighted by atomic mass is 19.2. The molecule has 0 aliphatic heterocycles. The third-order valence-corrected chi connectivity index (χ3v) is 0.529. The van der Waals surface area contributed by atoms with Gasteiger partial charge in [0.1, 0.15) is 13.3 Å². The maximum Gasteiger partial charge on any atom is 0.165 e. The summed E-state index contributed by atoms with van der Waals surface area (Å²) < 4.78 is 44.8. The molecule has 0 amide bonds. The molecule has 0 aromatic heterocycles. The summed E-state index contributed by atoms with van der Waals surface area (Å²) in [5, 5.41) is 0. The molecule has 0 aliphatic rings. The summed E-state index contributed by atoms with van der Waals surface area (Å²) >= 11 is 0. The Morgan fingerprint density at radius 3 is 1.25 bits per heavy atom. The molecule has 0 fully saturated rings. The standard InChI is InChI=1S/C4H4F4/c5-1-3(7)4(8)2-6/h1-2H2/b4-3+. The molecule has 0 aromatic carbocycles. The van der Waals surface area contributed by atoms with E-state index < -0.39 is 25.0 Å². The highest BCUT2D eigenvalue weighted by molar-refractivity contribution is 4.99. The smallest absolute Gasteiger partial charge is 0.165 e. The van der Waals surface area contributed by atoms with Crippen molar-refractivity contribution in [3.8, 4) is 0 Å². The van der Waals surface area contributed by atoms with Gasteiger partial charge < -0.3 is 0 Å². The average molecular weight is 128 g/mol. The Morgan fingerprint density at radius 2 is 1.12 bits per heavy atom. The van der Waals surface area contributed by atoms with Gasteiger partial charge in [-0.3, -0.25) is 0 Å². The van der Waals surface area contributed by atoms with Crippen LogP contribution < -0.4 is 0 Å². The molecule has 0 radical (unpaired) electrons. The van der Waals surface area contributed by atoms with Crippen LogP contribution in [0.3, 0.4) is 0 Å². The van der Waals surface area contributed by atoms with E-state index in [-0.39, 0.29) is 0 Å². The van der Waals surface area contributed by atoms with Crippen LogP contribution in [-0.4, -0.2) is 13.3 Å². The Labute approximate surface area is 43.8 Å². The first-order valence-electron chi connectivity index (χ1n) is 1.87. The molecular weight excluding hydrogens is 124 g/mol. The fourth-order valence-corrected chi connectivity index (χ4v) is 0.145. The minimum absolute atomic E-state index is 1.57. The summed E-state index contributed by atoms with van der Waals surface area (Å²) in [7, 11) is 0. The zero-order valence-electron chi connectivity index (χ0n) is 3.93. The quantitative estimate of drug-likeness (QED) is 0.499. The van der Waals surface area contributed by atoms with Crippen molar-refractivity contribution in [2.24, 2.45) is 0 Å². The molecule has 0 saturated carbocycles. The van der Waals surface area contributed by atoms with Crippen molar-refractivity contribution >= 4 is 0 Å². The SMILES string of the molecule is FC/C(F)=C(\F)CF. The molecule has 0 spiro atoms. The highest BCUT2D eigenvalue weighted by Crippen LogP contribution is 2.07. The van der Waals surface area contributed by atoms with Crippen molar-refractivity contribution in [2.75, 3.05) is 13.3 Å². The van der Waals surface area contributed by atoms with Gasteiger partial charge in [0.25, 0.3) is 0 Å². The molecule has 0 aliphatic carbocycles. The first kappa shape index (κ1) is 7.46. The number of alkyl halides is 2. The van der Waals surface area contributed by atoms with Crippen molar-refractivity contribution in [3.05, 3.63) is 11.7 Å². The molecule has 48 valence electrons. The van der Waals surface area contributed by atoms with Gasteiger partial charge in [-0.05, 0) is 0 Å². The Hall–Kier alpha value is -0.540. The van der Waals surface area contributed by atoms with E-state index in [0.29, 0.717) is 0 Å². The molecule has 8 heavy (non-hydrogen) atoms. The molecule has 0 nitrogen and oxygen atoms in total. The summed E-state index contributed by atoms with van der Waals surface area (Å²) in [6.45, 7) is -3.15. The van der Waals surface area contributed by atoms with Crippen LogP contribution in [0.2, 0.25) is 0 Å². The summed E-state index contributed by atoms with van der Waals surface area (Å²) in [6, 6.07) is 0. The van der Waals surface area contributed by atoms with Gasteiger partial charge in [0.15, 0.2) is 11.7 Å². The average Bonchev–Trinajstić information content (AvgIpc) is 1.84. The van der Waals surface area contributed by atoms with Crippen LogP contribution in [0.5, 0.6) is 0 Å². The maximum atomic E-state index is 11.4. The van der Waals surface area contributed by atoms with Gasteiger partial charge in [0.05, 0.1) is 0 Å². The van der Waals surface area contributed by atoms with E-state index >= 15 is 0 Å². The third kappa shape index (κ3) is 1.95. The van der Waals surface area contributed by atoms with Crippen molar-refractivity contribution in [1.29, 1.82) is 0 Å². The second kappa shape index (κ2) is 3.46. The van der Waals surface area contributed by atoms with Crippen LogP contribution in [0.15, 0.2) is 11.7 Å². The predicted octanol–water partition coefficient (Wildman–Crippen LogP) is 2.08. The minimum Gasteiger partial charge on any atom is -0.243 e. The summed E-state index contributed by atoms with van der Waals surface area (Å²) in [5.74, 6) is -3.32. The number of hydrogen-bond acceptors (Lipinski definition) is 0. The summed E-state index contributed by atoms with van der Waals surface area (Å²) in [6.07, 6.45) is 0. The normalized spacial score (nSPS) is 13.5. The van der Waals surface area contributed by atoms with Gasteiger partial charge in [-0.15, -0.1) is 0 Å². The van der Waals surface area contributed by atoms with Gasteiger partial charge in [0.2, 0.25) is 0 Å². The van der Waals surface area contributed by atoms with E-state index in [1.165, 1.54) is 0 Å². The molecule has 0 atom stereocenters. The van der Waals surface area contributed by atoms with E-state index in [1.807, 2.05) is 0 Å². The van der Waals surface area contributed by atoms with Crippen LogP contribution in [0, 0.1) is 0 Å². The Bertz CT molecular complexity index is 84.2. The van der Waals surface area contributed by atoms with Crippen LogP contribution in [0.1, 0.15) is 0 Å². The van der Waals surface area contributed by atoms with Crippen molar-refractivity contribution in [2.45, 2.75) is 0 Å². The molecule has 0 N–H and O–H groups in total. The lowest BCUT2D eigenvalue weighted by molar-refractivity contribution is 0.389. The second-order valence-corrected chi connectivity index (χ2v) is 1.08. The molecule has 0 saturated heterocycles. The van der Waals surface area contributed by atoms with E-state index in [9.17, 15) is 17.6 Å². The fourth-order valence-electron chi connectivity index (χ4n) is 0.145. The van der Waals surface area contributed by atoms with Gasteiger partial charge >= 0.3 is 0 Å². The van der Waals surface area contributed by atoms with Gasteiger partial charge in [0, 0.05) is 0 Å². The van der Waals surface area contributed by atoms with Crippen LogP contribution >= 0.6 is 0 Å². The molecule has 0 aromatic rings. The molecule has 0 unspecified atom stereocenters. The van der Waals surface area contributed by atoms with E-state index in [2.05, 4.69) is 0 Å². The number of hydrogen-bond donors (Lipinski definition) is 0. The lowest BCUT2D eigenvalue weighted by atomic mass is 10.5. The van der Waals surface area contributed by atoms with Crippen LogP contribution in [0.25, 0.3) is 0 Å². The second-order valence-electron chi connectivity index (χ2n) is 1.08. The third-order valence-electron chi connectivity index (χ3n) is 0.529. The molecule has 0 heterocycles. The van der Waals surface area contributed by atoms with Gasteiger partial charge in [-0.2, -0.15) is 0 Å². The highest BCUT2D eigenvalue weighted by Gasteiger charge is 2.02. The van der Waals surface area contributed by atoms with E-state index in [4.69, 9.17) is 0 Å². The lowest BCUT2D eigenvalue weighted by Gasteiger charge is -1.86. The predicted molar refractivity (Wildman–Crippen MR) is 21.2 cm³/mol. The minimum atomic E-state index is -1.66. The van der Waals surface area contributed by atoms with Gasteiger partial charge in [-0.1, -0.05) is 0 Å². The monoisotopic (exact) mass is 128 g/mol. The van der Waals surface area contributed by atoms with Crippen molar-refractivity contribution in [1.82, 2.24) is 0 Å². The first-order chi connectivity index (χ1) is 3.72. The topological polar surface area (TPSA) is 0 Å². The van der Waals surface area contributed by atoms with Crippen molar-refractivity contribution in [3.63, 3.8) is 0 Å².